The molecule has 6 rings (SSSR count). The summed E-state index contributed by atoms with van der Waals surface area (Å²) in [4.78, 5) is 31.2. The van der Waals surface area contributed by atoms with Crippen molar-refractivity contribution in [3.05, 3.63) is 70.3 Å². The number of rotatable bonds is 2. The normalized spacial score (nSPS) is 32.4. The van der Waals surface area contributed by atoms with Crippen LogP contribution < -0.4 is 9.64 Å². The number of methoxy groups -OCH3 is 1. The summed E-state index contributed by atoms with van der Waals surface area (Å²) in [6.07, 6.45) is 8.88. The number of carbonyl (C=O) groups is 2. The van der Waals surface area contributed by atoms with Gasteiger partial charge in [0.05, 0.1) is 31.4 Å². The molecule has 4 aliphatic rings. The summed E-state index contributed by atoms with van der Waals surface area (Å²) < 4.78 is 11.8. The Kier molecular flexibility index (Phi) is 8.94. The molecule has 0 radical (unpaired) electrons. The number of halogens is 1. The lowest BCUT2D eigenvalue weighted by Crippen LogP contribution is -2.51. The summed E-state index contributed by atoms with van der Waals surface area (Å²) in [6.45, 7) is 4.03. The van der Waals surface area contributed by atoms with Gasteiger partial charge in [-0.2, -0.15) is 0 Å². The number of esters is 1. The highest BCUT2D eigenvalue weighted by Crippen LogP contribution is 2.48. The maximum atomic E-state index is 13.8. The molecule has 1 amide bonds. The van der Waals surface area contributed by atoms with Gasteiger partial charge in [0.1, 0.15) is 5.75 Å². The van der Waals surface area contributed by atoms with Crippen LogP contribution in [0.2, 0.25) is 5.02 Å². The Morgan fingerprint density at radius 3 is 2.76 bits per heavy atom. The van der Waals surface area contributed by atoms with Crippen LogP contribution in [-0.4, -0.2) is 73.5 Å². The zero-order valence-corrected chi connectivity index (χ0v) is 27.3. The fourth-order valence-corrected chi connectivity index (χ4v) is 8.39. The Hall–Kier alpha value is -3.07. The van der Waals surface area contributed by atoms with Gasteiger partial charge in [0.2, 0.25) is 5.91 Å². The van der Waals surface area contributed by atoms with Crippen molar-refractivity contribution in [2.75, 3.05) is 45.3 Å². The molecule has 2 bridgehead atoms. The van der Waals surface area contributed by atoms with E-state index in [2.05, 4.69) is 17.0 Å². The van der Waals surface area contributed by atoms with Gasteiger partial charge in [-0.1, -0.05) is 42.8 Å². The highest BCUT2D eigenvalue weighted by molar-refractivity contribution is 6.30. The van der Waals surface area contributed by atoms with Gasteiger partial charge in [-0.05, 0) is 97.7 Å². The first-order chi connectivity index (χ1) is 21.6. The van der Waals surface area contributed by atoms with Gasteiger partial charge in [-0.25, -0.2) is 4.79 Å². The van der Waals surface area contributed by atoms with Gasteiger partial charge < -0.3 is 29.5 Å². The van der Waals surface area contributed by atoms with Gasteiger partial charge in [0, 0.05) is 37.1 Å². The maximum Gasteiger partial charge on any atom is 0.343 e. The predicted molar refractivity (Wildman–Crippen MR) is 174 cm³/mol. The van der Waals surface area contributed by atoms with E-state index in [0.29, 0.717) is 44.0 Å². The third-order valence-electron chi connectivity index (χ3n) is 10.9. The number of fused-ring (bicyclic) bond motifs is 4. The molecule has 1 fully saturated rings. The molecule has 0 saturated heterocycles. The summed E-state index contributed by atoms with van der Waals surface area (Å²) in [6, 6.07) is 11.5. The molecule has 0 aromatic heterocycles. The van der Waals surface area contributed by atoms with Crippen LogP contribution >= 0.6 is 11.6 Å². The standard InChI is InChI=1S/C36H45ClN2O6/c1-4-28-33(41)38(2)17-6-5-9-31(40)27-13-10-24(27)20-39-21-35(16-7-8-23-18-26(37)12-14-29(23)35)22-45-32-15-11-25(19-30(32)39)36(28,43)34(42)44-3/h5,9,11-12,14-15,18-19,24,27-28,31,40,43H,4,6-8,10,13,16-17,20-22H2,1-3H3/b9-5+/t24-,27+,28+,31-,35-,36+/m0/s1. The van der Waals surface area contributed by atoms with E-state index in [1.54, 1.807) is 24.9 Å². The van der Waals surface area contributed by atoms with Gasteiger partial charge in [-0.15, -0.1) is 0 Å². The Labute approximate surface area is 270 Å². The Balaban J connectivity index is 1.50. The Bertz CT molecular complexity index is 1480. The van der Waals surface area contributed by atoms with Crippen molar-refractivity contribution >= 4 is 29.2 Å². The van der Waals surface area contributed by atoms with Gasteiger partial charge >= 0.3 is 5.97 Å². The van der Waals surface area contributed by atoms with E-state index in [4.69, 9.17) is 21.1 Å². The van der Waals surface area contributed by atoms with Crippen LogP contribution in [0, 0.1) is 17.8 Å². The van der Waals surface area contributed by atoms with E-state index in [0.717, 1.165) is 42.8 Å². The van der Waals surface area contributed by atoms with Crippen LogP contribution in [0.3, 0.4) is 0 Å². The zero-order valence-electron chi connectivity index (χ0n) is 26.5. The van der Waals surface area contributed by atoms with Gasteiger partial charge in [0.25, 0.3) is 0 Å². The maximum absolute atomic E-state index is 13.8. The molecule has 2 aromatic rings. The predicted octanol–water partition coefficient (Wildman–Crippen LogP) is 5.01. The lowest BCUT2D eigenvalue weighted by atomic mass is 9.68. The second-order valence-corrected chi connectivity index (χ2v) is 13.9. The van der Waals surface area contributed by atoms with E-state index >= 15 is 0 Å². The molecule has 9 heteroatoms. The van der Waals surface area contributed by atoms with E-state index < -0.39 is 23.6 Å². The molecule has 2 aromatic carbocycles. The van der Waals surface area contributed by atoms with E-state index in [1.165, 1.54) is 18.2 Å². The first kappa shape index (κ1) is 31.9. The average Bonchev–Trinajstić information content (AvgIpc) is 3.17. The number of aliphatic hydroxyl groups is 2. The van der Waals surface area contributed by atoms with Crippen LogP contribution in [0.15, 0.2) is 48.6 Å². The number of anilines is 1. The topological polar surface area (TPSA) is 99.5 Å². The minimum Gasteiger partial charge on any atom is -0.490 e. The molecule has 2 N–H and O–H groups in total. The van der Waals surface area contributed by atoms with Crippen LogP contribution in [0.4, 0.5) is 5.69 Å². The molecule has 2 aliphatic carbocycles. The van der Waals surface area contributed by atoms with Crippen molar-refractivity contribution in [1.82, 2.24) is 4.90 Å². The average molecular weight is 637 g/mol. The molecule has 8 nitrogen and oxygen atoms in total. The fourth-order valence-electron chi connectivity index (χ4n) is 8.19. The summed E-state index contributed by atoms with van der Waals surface area (Å²) in [5.74, 6) is -1.23. The SMILES string of the molecule is CC[C@@H]1C(=O)N(C)CC/C=C/[C@H](O)[C@@H]2CC[C@H]2CN2C[C@@]3(CCCc4cc(Cl)ccc43)COc3ccc(cc32)[C@]1(O)C(=O)OC. The number of ether oxygens (including phenoxy) is 2. The molecule has 0 unspecified atom stereocenters. The molecule has 6 atom stereocenters. The molecule has 2 aliphatic heterocycles. The lowest BCUT2D eigenvalue weighted by molar-refractivity contribution is -0.176. The van der Waals surface area contributed by atoms with Crippen LogP contribution in [0.1, 0.15) is 62.1 Å². The second kappa shape index (κ2) is 12.6. The smallest absolute Gasteiger partial charge is 0.343 e. The van der Waals surface area contributed by atoms with Crippen LogP contribution in [0.25, 0.3) is 0 Å². The number of hydrogen-bond donors (Lipinski definition) is 2. The highest BCUT2D eigenvalue weighted by Gasteiger charge is 2.51. The molecule has 1 spiro atoms. The summed E-state index contributed by atoms with van der Waals surface area (Å²) in [5.41, 5.74) is 1.08. The number of aliphatic hydroxyl groups excluding tert-OH is 1. The molecular formula is C36H45ClN2O6. The lowest BCUT2D eigenvalue weighted by Gasteiger charge is -2.45. The van der Waals surface area contributed by atoms with Crippen LogP contribution in [0.5, 0.6) is 5.75 Å². The summed E-state index contributed by atoms with van der Waals surface area (Å²) in [7, 11) is 2.92. The van der Waals surface area contributed by atoms with E-state index in [9.17, 15) is 19.8 Å². The van der Waals surface area contributed by atoms with E-state index in [-0.39, 0.29) is 29.6 Å². The summed E-state index contributed by atoms with van der Waals surface area (Å²) >= 11 is 6.43. The molecule has 2 heterocycles. The highest BCUT2D eigenvalue weighted by atomic mass is 35.5. The Morgan fingerprint density at radius 2 is 2.02 bits per heavy atom. The number of amides is 1. The number of aryl methyl sites for hydroxylation is 1. The fraction of sp³-hybridized carbons (Fsp3) is 0.556. The third kappa shape index (κ3) is 5.63. The first-order valence-electron chi connectivity index (χ1n) is 16.3. The third-order valence-corrected chi connectivity index (χ3v) is 11.1. The van der Waals surface area contributed by atoms with Gasteiger partial charge in [0.15, 0.2) is 5.60 Å². The molecule has 1 saturated carbocycles. The number of carbonyl (C=O) groups excluding carboxylic acids is 2. The van der Waals surface area contributed by atoms with Crippen molar-refractivity contribution < 1.29 is 29.3 Å². The molecule has 45 heavy (non-hydrogen) atoms. The molecular weight excluding hydrogens is 592 g/mol. The van der Waals surface area contributed by atoms with E-state index in [1.807, 2.05) is 30.4 Å². The van der Waals surface area contributed by atoms with Crippen molar-refractivity contribution in [2.24, 2.45) is 17.8 Å². The molecule has 242 valence electrons. The largest absolute Gasteiger partial charge is 0.490 e. The van der Waals surface area contributed by atoms with Crippen molar-refractivity contribution in [2.45, 2.75) is 69.0 Å². The number of hydrogen-bond acceptors (Lipinski definition) is 7. The monoisotopic (exact) mass is 636 g/mol. The van der Waals surface area contributed by atoms with Gasteiger partial charge in [-0.3, -0.25) is 4.79 Å². The number of nitrogens with zero attached hydrogens (tertiary/aromatic N) is 2. The minimum absolute atomic E-state index is 0.120. The van der Waals surface area contributed by atoms with Crippen molar-refractivity contribution in [3.8, 4) is 5.75 Å². The quantitative estimate of drug-likeness (QED) is 0.353. The second-order valence-electron chi connectivity index (χ2n) is 13.5. The van der Waals surface area contributed by atoms with Crippen molar-refractivity contribution in [1.29, 1.82) is 0 Å². The van der Waals surface area contributed by atoms with Crippen molar-refractivity contribution in [3.63, 3.8) is 0 Å². The summed E-state index contributed by atoms with van der Waals surface area (Å²) in [5, 5.41) is 24.2. The first-order valence-corrected chi connectivity index (χ1v) is 16.7. The minimum atomic E-state index is -2.20. The Morgan fingerprint density at radius 1 is 1.20 bits per heavy atom. The zero-order chi connectivity index (χ0) is 31.9. The number of benzene rings is 2. The van der Waals surface area contributed by atoms with Crippen LogP contribution in [-0.2, 0) is 31.8 Å².